The molecule has 0 bridgehead atoms. The van der Waals surface area contributed by atoms with Crippen molar-refractivity contribution in [2.45, 2.75) is 59.5 Å². The van der Waals surface area contributed by atoms with Crippen LogP contribution in [-0.4, -0.2) is 12.2 Å². The summed E-state index contributed by atoms with van der Waals surface area (Å²) in [4.78, 5) is 17.2. The quantitative estimate of drug-likeness (QED) is 0.160. The fourth-order valence-electron chi connectivity index (χ4n) is 4.78. The first-order chi connectivity index (χ1) is 20.7. The third-order valence-corrected chi connectivity index (χ3v) is 9.74. The van der Waals surface area contributed by atoms with Gasteiger partial charge < -0.3 is 23.4 Å². The maximum atomic E-state index is 13.8. The maximum Gasteiger partial charge on any atom is 1.00 e. The first-order valence-electron chi connectivity index (χ1n) is 13.9. The van der Waals surface area contributed by atoms with Crippen molar-refractivity contribution in [3.63, 3.8) is 0 Å². The van der Waals surface area contributed by atoms with Crippen molar-refractivity contribution in [2.75, 3.05) is 0 Å². The van der Waals surface area contributed by atoms with Gasteiger partial charge in [0.2, 0.25) is 0 Å². The van der Waals surface area contributed by atoms with Crippen LogP contribution in [0.3, 0.4) is 0 Å². The van der Waals surface area contributed by atoms with Gasteiger partial charge in [-0.2, -0.15) is 0 Å². The van der Waals surface area contributed by atoms with Gasteiger partial charge in [-0.3, -0.25) is 0 Å². The fourth-order valence-corrected chi connectivity index (χ4v) is 7.81. The van der Waals surface area contributed by atoms with Crippen molar-refractivity contribution >= 4 is 55.0 Å². The minimum absolute atomic E-state index is 0. The molecular formula is C34H30NaO6PS2. The van der Waals surface area contributed by atoms with E-state index in [-0.39, 0.29) is 53.3 Å². The predicted molar refractivity (Wildman–Crippen MR) is 171 cm³/mol. The zero-order valence-electron chi connectivity index (χ0n) is 25.1. The van der Waals surface area contributed by atoms with E-state index in [1.165, 1.54) is 23.5 Å². The van der Waals surface area contributed by atoms with Gasteiger partial charge in [0, 0.05) is 20.9 Å². The number of ether oxygens (including phenoxy) is 2. The van der Waals surface area contributed by atoms with Gasteiger partial charge in [-0.05, 0) is 87.4 Å². The Hall–Kier alpha value is -2.55. The SMILES string of the molecule is CC(C)Oc1cccc2c1Sc1ccccc1C=C2OP(=O)([O-])OC1=Cc2ccccc2Sc2c(OC(C)C)cccc21.[Na+]. The smallest absolute Gasteiger partial charge is 0.736 e. The molecule has 4 aromatic carbocycles. The molecule has 0 radical (unpaired) electrons. The first-order valence-corrected chi connectivity index (χ1v) is 17.0. The van der Waals surface area contributed by atoms with Crippen LogP contribution in [0.5, 0.6) is 11.5 Å². The molecule has 44 heavy (non-hydrogen) atoms. The van der Waals surface area contributed by atoms with Crippen molar-refractivity contribution in [1.82, 2.24) is 0 Å². The second kappa shape index (κ2) is 13.8. The van der Waals surface area contributed by atoms with Crippen molar-refractivity contribution in [2.24, 2.45) is 0 Å². The van der Waals surface area contributed by atoms with Gasteiger partial charge in [-0.15, -0.1) is 0 Å². The molecule has 2 aliphatic heterocycles. The van der Waals surface area contributed by atoms with E-state index >= 15 is 0 Å². The number of hydrogen-bond donors (Lipinski definition) is 0. The molecule has 0 fully saturated rings. The van der Waals surface area contributed by atoms with Crippen LogP contribution in [0.4, 0.5) is 0 Å². The van der Waals surface area contributed by atoms with E-state index in [0.717, 1.165) is 30.7 Å². The predicted octanol–water partition coefficient (Wildman–Crippen LogP) is 6.39. The Morgan fingerprint density at radius 2 is 1.02 bits per heavy atom. The van der Waals surface area contributed by atoms with Crippen molar-refractivity contribution in [1.29, 1.82) is 0 Å². The average Bonchev–Trinajstić information content (AvgIpc) is 3.21. The summed E-state index contributed by atoms with van der Waals surface area (Å²) in [5, 5.41) is 0. The van der Waals surface area contributed by atoms with Crippen LogP contribution in [0.2, 0.25) is 0 Å². The fraction of sp³-hybridized carbons (Fsp3) is 0.176. The summed E-state index contributed by atoms with van der Waals surface area (Å²) in [7, 11) is -4.98. The summed E-state index contributed by atoms with van der Waals surface area (Å²) in [5.41, 5.74) is 2.86. The van der Waals surface area contributed by atoms with Crippen LogP contribution in [0, 0.1) is 0 Å². The summed E-state index contributed by atoms with van der Waals surface area (Å²) in [5.74, 6) is 1.61. The Morgan fingerprint density at radius 1 is 0.614 bits per heavy atom. The molecule has 0 unspecified atom stereocenters. The van der Waals surface area contributed by atoms with E-state index in [1.54, 1.807) is 12.2 Å². The molecule has 0 spiro atoms. The van der Waals surface area contributed by atoms with Crippen LogP contribution in [0.25, 0.3) is 23.7 Å². The second-order valence-electron chi connectivity index (χ2n) is 10.5. The summed E-state index contributed by atoms with van der Waals surface area (Å²) in [6, 6.07) is 26.6. The van der Waals surface area contributed by atoms with Crippen LogP contribution < -0.4 is 43.9 Å². The van der Waals surface area contributed by atoms with Gasteiger partial charge in [-0.1, -0.05) is 72.1 Å². The molecule has 0 saturated heterocycles. The second-order valence-corrected chi connectivity index (χ2v) is 13.9. The molecule has 0 aliphatic carbocycles. The first kappa shape index (κ1) is 32.8. The van der Waals surface area contributed by atoms with E-state index in [0.29, 0.717) is 22.6 Å². The molecule has 6 rings (SSSR count). The molecule has 2 heterocycles. The Morgan fingerprint density at radius 3 is 1.43 bits per heavy atom. The Labute approximate surface area is 288 Å². The normalized spacial score (nSPS) is 13.5. The van der Waals surface area contributed by atoms with E-state index in [9.17, 15) is 9.46 Å². The molecule has 4 aromatic rings. The molecule has 220 valence electrons. The van der Waals surface area contributed by atoms with Crippen molar-refractivity contribution in [3.8, 4) is 11.5 Å². The minimum Gasteiger partial charge on any atom is -0.736 e. The number of hydrogen-bond acceptors (Lipinski definition) is 8. The number of phosphoric acid groups is 1. The van der Waals surface area contributed by atoms with Gasteiger partial charge in [-0.25, -0.2) is 4.57 Å². The van der Waals surface area contributed by atoms with Gasteiger partial charge >= 0.3 is 37.4 Å². The number of rotatable bonds is 8. The zero-order chi connectivity index (χ0) is 30.1. The van der Waals surface area contributed by atoms with Gasteiger partial charge in [0.05, 0.1) is 22.0 Å². The van der Waals surface area contributed by atoms with Crippen molar-refractivity contribution < 1.29 is 57.5 Å². The molecule has 6 nitrogen and oxygen atoms in total. The topological polar surface area (TPSA) is 77.1 Å². The van der Waals surface area contributed by atoms with Crippen LogP contribution >= 0.6 is 31.3 Å². The van der Waals surface area contributed by atoms with Crippen LogP contribution in [0.15, 0.2) is 105 Å². The van der Waals surface area contributed by atoms with E-state index < -0.39 is 7.82 Å². The largest absolute Gasteiger partial charge is 1.00 e. The Balaban J connectivity index is 0.00000384. The van der Waals surface area contributed by atoms with Gasteiger partial charge in [0.15, 0.2) is 0 Å². The molecule has 0 atom stereocenters. The monoisotopic (exact) mass is 652 g/mol. The average molecular weight is 653 g/mol. The molecule has 2 aliphatic rings. The standard InChI is InChI=1S/C34H31O6PS2.Na/c1-21(2)37-27-15-9-13-25-29(19-23-11-5-7-17-31(23)42-33(25)27)39-41(35,36)40-30-20-24-12-6-8-18-32(24)43-34-26(30)14-10-16-28(34)38-22(3)4;/h5-22H,1-4H3,(H,35,36);/q;+1/p-1. The Kier molecular flexibility index (Phi) is 10.3. The molecule has 0 N–H and O–H groups in total. The molecule has 10 heteroatoms. The maximum absolute atomic E-state index is 13.8. The molecule has 0 amide bonds. The summed E-state index contributed by atoms with van der Waals surface area (Å²) in [6.07, 6.45) is 3.33. The van der Waals surface area contributed by atoms with Crippen LogP contribution in [-0.2, 0) is 13.6 Å². The molecular weight excluding hydrogens is 622 g/mol. The van der Waals surface area contributed by atoms with Crippen molar-refractivity contribution in [3.05, 3.63) is 107 Å². The number of fused-ring (bicyclic) bond motifs is 4. The minimum atomic E-state index is -4.98. The molecule has 0 saturated carbocycles. The van der Waals surface area contributed by atoms with E-state index in [2.05, 4.69) is 0 Å². The summed E-state index contributed by atoms with van der Waals surface area (Å²) >= 11 is 3.02. The van der Waals surface area contributed by atoms with Gasteiger partial charge in [0.25, 0.3) is 0 Å². The van der Waals surface area contributed by atoms with Gasteiger partial charge in [0.1, 0.15) is 23.0 Å². The third-order valence-electron chi connectivity index (χ3n) is 6.47. The van der Waals surface area contributed by atoms with Crippen LogP contribution in [0.1, 0.15) is 49.9 Å². The van der Waals surface area contributed by atoms with E-state index in [4.69, 9.17) is 18.5 Å². The zero-order valence-corrected chi connectivity index (χ0v) is 29.6. The third kappa shape index (κ3) is 7.29. The molecule has 0 aromatic heterocycles. The number of phosphoric ester groups is 1. The Bertz CT molecular complexity index is 1680. The summed E-state index contributed by atoms with van der Waals surface area (Å²) in [6.45, 7) is 7.81. The summed E-state index contributed by atoms with van der Waals surface area (Å²) < 4.78 is 37.7. The van der Waals surface area contributed by atoms with E-state index in [1.807, 2.05) is 113 Å². The number of benzene rings is 4.